The van der Waals surface area contributed by atoms with Crippen molar-refractivity contribution in [3.63, 3.8) is 0 Å². The van der Waals surface area contributed by atoms with Crippen LogP contribution in [0.2, 0.25) is 5.15 Å². The molecule has 128 valence electrons. The smallest absolute Gasteiger partial charge is 0.250 e. The number of nitrogens with one attached hydrogen (secondary N) is 1. The van der Waals surface area contributed by atoms with E-state index in [1.54, 1.807) is 30.3 Å². The number of nitrogens with zero attached hydrogens (tertiary/aromatic N) is 2. The van der Waals surface area contributed by atoms with Crippen LogP contribution in [0.1, 0.15) is 5.69 Å². The lowest BCUT2D eigenvalue weighted by Crippen LogP contribution is -2.18. The minimum absolute atomic E-state index is 0.0961. The second-order valence-corrected chi connectivity index (χ2v) is 5.43. The van der Waals surface area contributed by atoms with Crippen LogP contribution in [-0.4, -0.2) is 22.7 Å². The number of rotatable bonds is 6. The van der Waals surface area contributed by atoms with Crippen molar-refractivity contribution in [1.29, 1.82) is 0 Å². The lowest BCUT2D eigenvalue weighted by molar-refractivity contribution is -0.121. The molecule has 3 rings (SSSR count). The number of amides is 1. The largest absolute Gasteiger partial charge is 0.365 e. The topological polar surface area (TPSA) is 77.2 Å². The van der Waals surface area contributed by atoms with Gasteiger partial charge in [-0.2, -0.15) is 0 Å². The summed E-state index contributed by atoms with van der Waals surface area (Å²) in [5.74, 6) is -0.200. The normalized spacial score (nSPS) is 10.6. The van der Waals surface area contributed by atoms with Gasteiger partial charge >= 0.3 is 0 Å². The van der Waals surface area contributed by atoms with E-state index in [9.17, 15) is 9.18 Å². The Labute approximate surface area is 147 Å². The fourth-order valence-corrected chi connectivity index (χ4v) is 2.21. The molecule has 0 atom stereocenters. The zero-order valence-corrected chi connectivity index (χ0v) is 13.7. The van der Waals surface area contributed by atoms with E-state index >= 15 is 0 Å². The SMILES string of the molecule is O=C(COCc1cc(-c2ccc(F)cc2)on1)Nc1cccnc1Cl. The summed E-state index contributed by atoms with van der Waals surface area (Å²) in [6.07, 6.45) is 1.53. The summed E-state index contributed by atoms with van der Waals surface area (Å²) in [5.41, 5.74) is 1.63. The van der Waals surface area contributed by atoms with Crippen LogP contribution in [-0.2, 0) is 16.1 Å². The van der Waals surface area contributed by atoms with Crippen molar-refractivity contribution in [3.05, 3.63) is 65.3 Å². The van der Waals surface area contributed by atoms with Crippen molar-refractivity contribution in [1.82, 2.24) is 10.1 Å². The molecule has 1 amide bonds. The van der Waals surface area contributed by atoms with Gasteiger partial charge in [-0.3, -0.25) is 4.79 Å². The highest BCUT2D eigenvalue weighted by Gasteiger charge is 2.09. The highest BCUT2D eigenvalue weighted by atomic mass is 35.5. The van der Waals surface area contributed by atoms with Crippen LogP contribution in [0.4, 0.5) is 10.1 Å². The first kappa shape index (κ1) is 17.1. The molecule has 3 aromatic rings. The molecular weight excluding hydrogens is 349 g/mol. The highest BCUT2D eigenvalue weighted by molar-refractivity contribution is 6.32. The van der Waals surface area contributed by atoms with Crippen molar-refractivity contribution in [3.8, 4) is 11.3 Å². The minimum atomic E-state index is -0.364. The zero-order valence-electron chi connectivity index (χ0n) is 12.9. The molecule has 6 nitrogen and oxygen atoms in total. The number of hydrogen-bond acceptors (Lipinski definition) is 5. The zero-order chi connectivity index (χ0) is 17.6. The van der Waals surface area contributed by atoms with E-state index in [1.807, 2.05) is 0 Å². The molecule has 0 saturated carbocycles. The average molecular weight is 362 g/mol. The van der Waals surface area contributed by atoms with Crippen LogP contribution in [0, 0.1) is 5.82 Å². The Balaban J connectivity index is 1.50. The number of aromatic nitrogens is 2. The summed E-state index contributed by atoms with van der Waals surface area (Å²) >= 11 is 5.86. The predicted molar refractivity (Wildman–Crippen MR) is 89.4 cm³/mol. The van der Waals surface area contributed by atoms with Gasteiger partial charge in [-0.25, -0.2) is 9.37 Å². The second-order valence-electron chi connectivity index (χ2n) is 5.07. The molecule has 0 aliphatic heterocycles. The van der Waals surface area contributed by atoms with Crippen molar-refractivity contribution < 1.29 is 18.4 Å². The summed E-state index contributed by atoms with van der Waals surface area (Å²) in [6.45, 7) is -0.0805. The third kappa shape index (κ3) is 4.62. The monoisotopic (exact) mass is 361 g/mol. The van der Waals surface area contributed by atoms with Crippen LogP contribution in [0.3, 0.4) is 0 Å². The van der Waals surface area contributed by atoms with Gasteiger partial charge in [0.15, 0.2) is 10.9 Å². The van der Waals surface area contributed by atoms with Crippen molar-refractivity contribution in [2.45, 2.75) is 6.61 Å². The first-order chi connectivity index (χ1) is 12.1. The van der Waals surface area contributed by atoms with E-state index in [1.165, 1.54) is 18.3 Å². The molecule has 0 aliphatic carbocycles. The highest BCUT2D eigenvalue weighted by Crippen LogP contribution is 2.21. The van der Waals surface area contributed by atoms with Gasteiger partial charge in [-0.15, -0.1) is 0 Å². The van der Waals surface area contributed by atoms with Gasteiger partial charge in [0.1, 0.15) is 18.1 Å². The lowest BCUT2D eigenvalue weighted by Gasteiger charge is -2.06. The fourth-order valence-electron chi connectivity index (χ4n) is 2.04. The predicted octanol–water partition coefficient (Wildman–Crippen LogP) is 3.68. The van der Waals surface area contributed by atoms with Crippen LogP contribution in [0.5, 0.6) is 0 Å². The Hall–Kier alpha value is -2.77. The molecular formula is C17H13ClFN3O3. The molecule has 0 fully saturated rings. The third-order valence-corrected chi connectivity index (χ3v) is 3.51. The van der Waals surface area contributed by atoms with Crippen molar-refractivity contribution in [2.24, 2.45) is 0 Å². The Morgan fingerprint density at radius 2 is 2.08 bits per heavy atom. The molecule has 1 aromatic carbocycles. The second kappa shape index (κ2) is 7.87. The maximum Gasteiger partial charge on any atom is 0.250 e. The van der Waals surface area contributed by atoms with Crippen LogP contribution < -0.4 is 5.32 Å². The summed E-state index contributed by atoms with van der Waals surface area (Å²) in [5, 5.41) is 6.65. The number of hydrogen-bond donors (Lipinski definition) is 1. The standard InChI is InChI=1S/C17H13ClFN3O3/c18-17-14(2-1-7-20-17)21-16(23)10-24-9-13-8-15(25-22-13)11-3-5-12(19)6-4-11/h1-8H,9-10H2,(H,21,23). The maximum absolute atomic E-state index is 12.9. The first-order valence-electron chi connectivity index (χ1n) is 7.31. The van der Waals surface area contributed by atoms with E-state index < -0.39 is 0 Å². The summed E-state index contributed by atoms with van der Waals surface area (Å²) < 4.78 is 23.4. The molecule has 0 aliphatic rings. The van der Waals surface area contributed by atoms with Gasteiger partial charge in [0.05, 0.1) is 12.3 Å². The molecule has 1 N–H and O–H groups in total. The van der Waals surface area contributed by atoms with E-state index in [0.29, 0.717) is 22.7 Å². The van der Waals surface area contributed by atoms with E-state index in [-0.39, 0.29) is 30.1 Å². The van der Waals surface area contributed by atoms with E-state index in [4.69, 9.17) is 20.9 Å². The maximum atomic E-state index is 12.9. The Morgan fingerprint density at radius 1 is 1.28 bits per heavy atom. The number of anilines is 1. The van der Waals surface area contributed by atoms with Gasteiger partial charge < -0.3 is 14.6 Å². The molecule has 0 bridgehead atoms. The van der Waals surface area contributed by atoms with Crippen molar-refractivity contribution >= 4 is 23.2 Å². The van der Waals surface area contributed by atoms with Crippen LogP contribution in [0.15, 0.2) is 53.2 Å². The van der Waals surface area contributed by atoms with E-state index in [2.05, 4.69) is 15.5 Å². The third-order valence-electron chi connectivity index (χ3n) is 3.20. The number of benzene rings is 1. The van der Waals surface area contributed by atoms with Gasteiger partial charge in [0.2, 0.25) is 5.91 Å². The lowest BCUT2D eigenvalue weighted by atomic mass is 10.1. The molecule has 2 heterocycles. The first-order valence-corrected chi connectivity index (χ1v) is 7.69. The molecule has 0 radical (unpaired) electrons. The Morgan fingerprint density at radius 3 is 2.84 bits per heavy atom. The number of halogens is 2. The summed E-state index contributed by atoms with van der Waals surface area (Å²) in [6, 6.07) is 10.8. The van der Waals surface area contributed by atoms with E-state index in [0.717, 1.165) is 0 Å². The van der Waals surface area contributed by atoms with Gasteiger partial charge in [-0.1, -0.05) is 16.8 Å². The molecule has 25 heavy (non-hydrogen) atoms. The van der Waals surface area contributed by atoms with Gasteiger partial charge in [0, 0.05) is 17.8 Å². The molecule has 0 saturated heterocycles. The fraction of sp³-hybridized carbons (Fsp3) is 0.118. The van der Waals surface area contributed by atoms with Crippen LogP contribution in [0.25, 0.3) is 11.3 Å². The number of carbonyl (C=O) groups excluding carboxylic acids is 1. The average Bonchev–Trinajstić information content (AvgIpc) is 3.06. The quantitative estimate of drug-likeness (QED) is 0.677. The van der Waals surface area contributed by atoms with Gasteiger partial charge in [-0.05, 0) is 36.4 Å². The van der Waals surface area contributed by atoms with Gasteiger partial charge in [0.25, 0.3) is 0 Å². The Kier molecular flexibility index (Phi) is 5.37. The molecule has 0 unspecified atom stereocenters. The number of carbonyl (C=O) groups is 1. The van der Waals surface area contributed by atoms with Crippen molar-refractivity contribution in [2.75, 3.05) is 11.9 Å². The summed E-state index contributed by atoms with van der Waals surface area (Å²) in [4.78, 5) is 15.7. The number of pyridine rings is 1. The molecule has 8 heteroatoms. The Bertz CT molecular complexity index is 868. The molecule has 2 aromatic heterocycles. The summed E-state index contributed by atoms with van der Waals surface area (Å²) in [7, 11) is 0. The van der Waals surface area contributed by atoms with Crippen LogP contribution >= 0.6 is 11.6 Å². The molecule has 0 spiro atoms. The number of ether oxygens (including phenoxy) is 1. The minimum Gasteiger partial charge on any atom is -0.365 e.